The van der Waals surface area contributed by atoms with Crippen molar-refractivity contribution in [2.45, 2.75) is 12.5 Å². The highest BCUT2D eigenvalue weighted by Gasteiger charge is 2.34. The molecule has 1 aromatic heterocycles. The first-order valence-corrected chi connectivity index (χ1v) is 7.05. The average molecular weight is 323 g/mol. The molecule has 2 amide bonds. The van der Waals surface area contributed by atoms with E-state index < -0.39 is 17.8 Å². The number of benzene rings is 1. The zero-order valence-corrected chi connectivity index (χ0v) is 12.1. The van der Waals surface area contributed by atoms with Crippen LogP contribution in [0.25, 0.3) is 0 Å². The fourth-order valence-electron chi connectivity index (χ4n) is 2.36. The van der Waals surface area contributed by atoms with Crippen molar-refractivity contribution in [2.24, 2.45) is 0 Å². The molecule has 2 aromatic rings. The summed E-state index contributed by atoms with van der Waals surface area (Å²) >= 11 is 5.63. The molecule has 0 bridgehead atoms. The molecule has 1 saturated heterocycles. The molecule has 1 aromatic carbocycles. The Morgan fingerprint density at radius 2 is 2.23 bits per heavy atom. The van der Waals surface area contributed by atoms with Crippen LogP contribution in [0.2, 0.25) is 5.02 Å². The molecule has 3 rings (SSSR count). The SMILES string of the molecule is O=C(N[C@@H]1CCN(c2ccc(Cl)c(F)c2)C1=O)c1ccco1. The smallest absolute Gasteiger partial charge is 0.287 e. The van der Waals surface area contributed by atoms with E-state index in [4.69, 9.17) is 16.0 Å². The Kier molecular flexibility index (Phi) is 3.85. The summed E-state index contributed by atoms with van der Waals surface area (Å²) in [6.45, 7) is 0.392. The maximum Gasteiger partial charge on any atom is 0.287 e. The van der Waals surface area contributed by atoms with Gasteiger partial charge in [-0.3, -0.25) is 9.59 Å². The molecule has 1 aliphatic rings. The summed E-state index contributed by atoms with van der Waals surface area (Å²) in [5, 5.41) is 2.61. The van der Waals surface area contributed by atoms with Gasteiger partial charge in [-0.25, -0.2) is 4.39 Å². The van der Waals surface area contributed by atoms with E-state index in [1.54, 1.807) is 12.1 Å². The van der Waals surface area contributed by atoms with Gasteiger partial charge in [0.2, 0.25) is 5.91 Å². The van der Waals surface area contributed by atoms with Gasteiger partial charge in [0.25, 0.3) is 5.91 Å². The Labute approximate surface area is 130 Å². The lowest BCUT2D eigenvalue weighted by Gasteiger charge is -2.17. The van der Waals surface area contributed by atoms with Gasteiger partial charge in [-0.1, -0.05) is 11.6 Å². The van der Waals surface area contributed by atoms with Crippen LogP contribution in [-0.2, 0) is 4.79 Å². The van der Waals surface area contributed by atoms with Crippen molar-refractivity contribution in [1.82, 2.24) is 5.32 Å². The van der Waals surface area contributed by atoms with E-state index >= 15 is 0 Å². The molecule has 0 spiro atoms. The van der Waals surface area contributed by atoms with Crippen molar-refractivity contribution >= 4 is 29.1 Å². The van der Waals surface area contributed by atoms with E-state index in [0.717, 1.165) is 0 Å². The summed E-state index contributed by atoms with van der Waals surface area (Å²) in [6.07, 6.45) is 1.82. The Morgan fingerprint density at radius 3 is 2.91 bits per heavy atom. The van der Waals surface area contributed by atoms with Gasteiger partial charge in [-0.2, -0.15) is 0 Å². The first kappa shape index (κ1) is 14.6. The van der Waals surface area contributed by atoms with Crippen LogP contribution >= 0.6 is 11.6 Å². The highest BCUT2D eigenvalue weighted by molar-refractivity contribution is 6.30. The minimum Gasteiger partial charge on any atom is -0.459 e. The van der Waals surface area contributed by atoms with Gasteiger partial charge < -0.3 is 14.6 Å². The van der Waals surface area contributed by atoms with Crippen LogP contribution in [0.4, 0.5) is 10.1 Å². The van der Waals surface area contributed by atoms with Crippen molar-refractivity contribution in [3.63, 3.8) is 0 Å². The standard InChI is InChI=1S/C15H12ClFN2O3/c16-10-4-3-9(8-11(10)17)19-6-5-12(15(19)21)18-14(20)13-2-1-7-22-13/h1-4,7-8,12H,5-6H2,(H,18,20)/t12-/m1/s1. The molecule has 0 radical (unpaired) electrons. The third kappa shape index (κ3) is 2.69. The molecule has 114 valence electrons. The average Bonchev–Trinajstić information content (AvgIpc) is 3.13. The zero-order valence-electron chi connectivity index (χ0n) is 11.4. The van der Waals surface area contributed by atoms with E-state index in [0.29, 0.717) is 18.7 Å². The molecule has 0 saturated carbocycles. The van der Waals surface area contributed by atoms with E-state index in [-0.39, 0.29) is 16.7 Å². The molecular formula is C15H12ClFN2O3. The first-order valence-electron chi connectivity index (χ1n) is 6.67. The fourth-order valence-corrected chi connectivity index (χ4v) is 2.48. The van der Waals surface area contributed by atoms with Gasteiger partial charge in [-0.05, 0) is 36.8 Å². The summed E-state index contributed by atoms with van der Waals surface area (Å²) in [5.41, 5.74) is 0.418. The first-order chi connectivity index (χ1) is 10.6. The number of furan rings is 1. The van der Waals surface area contributed by atoms with Crippen molar-refractivity contribution in [3.05, 3.63) is 53.2 Å². The van der Waals surface area contributed by atoms with E-state index in [1.807, 2.05) is 0 Å². The molecule has 22 heavy (non-hydrogen) atoms. The molecule has 7 heteroatoms. The van der Waals surface area contributed by atoms with E-state index in [2.05, 4.69) is 5.32 Å². The number of carbonyl (C=O) groups is 2. The van der Waals surface area contributed by atoms with E-state index in [1.165, 1.54) is 29.4 Å². The fraction of sp³-hybridized carbons (Fsp3) is 0.200. The Hall–Kier alpha value is -2.34. The zero-order chi connectivity index (χ0) is 15.7. The minimum absolute atomic E-state index is 0.00179. The molecule has 1 aliphatic heterocycles. The third-order valence-corrected chi connectivity index (χ3v) is 3.78. The summed E-state index contributed by atoms with van der Waals surface area (Å²) in [6, 6.07) is 6.62. The maximum atomic E-state index is 13.5. The predicted octanol–water partition coefficient (Wildman–Crippen LogP) is 2.61. The Balaban J connectivity index is 1.72. The number of nitrogens with one attached hydrogen (secondary N) is 1. The van der Waals surface area contributed by atoms with Gasteiger partial charge >= 0.3 is 0 Å². The maximum absolute atomic E-state index is 13.5. The normalized spacial score (nSPS) is 17.8. The van der Waals surface area contributed by atoms with Crippen molar-refractivity contribution in [2.75, 3.05) is 11.4 Å². The highest BCUT2D eigenvalue weighted by Crippen LogP contribution is 2.25. The largest absolute Gasteiger partial charge is 0.459 e. The number of hydrogen-bond donors (Lipinski definition) is 1. The van der Waals surface area contributed by atoms with Crippen LogP contribution in [0.1, 0.15) is 17.0 Å². The van der Waals surface area contributed by atoms with Crippen molar-refractivity contribution in [1.29, 1.82) is 0 Å². The monoisotopic (exact) mass is 322 g/mol. The summed E-state index contributed by atoms with van der Waals surface area (Å²) in [7, 11) is 0. The number of rotatable bonds is 3. The second kappa shape index (κ2) is 5.81. The van der Waals surface area contributed by atoms with Crippen LogP contribution in [0.5, 0.6) is 0 Å². The summed E-state index contributed by atoms with van der Waals surface area (Å²) in [5.74, 6) is -1.19. The van der Waals surface area contributed by atoms with Gasteiger partial charge in [-0.15, -0.1) is 0 Å². The summed E-state index contributed by atoms with van der Waals surface area (Å²) in [4.78, 5) is 25.7. The second-order valence-electron chi connectivity index (χ2n) is 4.88. The lowest BCUT2D eigenvalue weighted by atomic mass is 10.2. The van der Waals surface area contributed by atoms with Crippen LogP contribution in [0.3, 0.4) is 0 Å². The van der Waals surface area contributed by atoms with Crippen LogP contribution < -0.4 is 10.2 Å². The predicted molar refractivity (Wildman–Crippen MR) is 78.3 cm³/mol. The number of hydrogen-bond acceptors (Lipinski definition) is 3. The molecule has 1 N–H and O–H groups in total. The van der Waals surface area contributed by atoms with Gasteiger partial charge in [0.15, 0.2) is 5.76 Å². The lowest BCUT2D eigenvalue weighted by Crippen LogP contribution is -2.41. The number of nitrogens with zero attached hydrogens (tertiary/aromatic N) is 1. The van der Waals surface area contributed by atoms with Crippen molar-refractivity contribution < 1.29 is 18.4 Å². The molecule has 2 heterocycles. The number of carbonyl (C=O) groups excluding carboxylic acids is 2. The molecule has 1 atom stereocenters. The number of amides is 2. The van der Waals surface area contributed by atoms with Crippen LogP contribution in [0.15, 0.2) is 41.0 Å². The van der Waals surface area contributed by atoms with Gasteiger partial charge in [0.1, 0.15) is 11.9 Å². The second-order valence-corrected chi connectivity index (χ2v) is 5.29. The topological polar surface area (TPSA) is 62.6 Å². The molecule has 1 fully saturated rings. The molecule has 0 aliphatic carbocycles. The Morgan fingerprint density at radius 1 is 1.41 bits per heavy atom. The summed E-state index contributed by atoms with van der Waals surface area (Å²) < 4.78 is 18.5. The number of halogens is 2. The number of anilines is 1. The van der Waals surface area contributed by atoms with E-state index in [9.17, 15) is 14.0 Å². The molecular weight excluding hydrogens is 311 g/mol. The lowest BCUT2D eigenvalue weighted by molar-refractivity contribution is -0.118. The molecule has 5 nitrogen and oxygen atoms in total. The van der Waals surface area contributed by atoms with Crippen LogP contribution in [0, 0.1) is 5.82 Å². The quantitative estimate of drug-likeness (QED) is 0.944. The molecule has 0 unspecified atom stereocenters. The highest BCUT2D eigenvalue weighted by atomic mass is 35.5. The van der Waals surface area contributed by atoms with Crippen LogP contribution in [-0.4, -0.2) is 24.4 Å². The van der Waals surface area contributed by atoms with Gasteiger partial charge in [0, 0.05) is 12.2 Å². The third-order valence-electron chi connectivity index (χ3n) is 3.47. The minimum atomic E-state index is -0.656. The van der Waals surface area contributed by atoms with Crippen molar-refractivity contribution in [3.8, 4) is 0 Å². The van der Waals surface area contributed by atoms with Gasteiger partial charge in [0.05, 0.1) is 11.3 Å². The Bertz CT molecular complexity index is 718.